The Morgan fingerprint density at radius 2 is 1.41 bits per heavy atom. The first kappa shape index (κ1) is 16.1. The molecule has 0 unspecified atom stereocenters. The Bertz CT molecular complexity index is 514. The molecule has 0 aliphatic heterocycles. The third-order valence-corrected chi connectivity index (χ3v) is 3.75. The van der Waals surface area contributed by atoms with E-state index in [1.807, 2.05) is 56.0 Å². The van der Waals surface area contributed by atoms with Crippen LogP contribution in [0.2, 0.25) is 0 Å². The normalized spacial score (nSPS) is 10.6. The second kappa shape index (κ2) is 8.93. The fourth-order valence-electron chi connectivity index (χ4n) is 2.40. The number of aryl methyl sites for hydroxylation is 2. The van der Waals surface area contributed by atoms with Crippen LogP contribution in [-0.2, 0) is 17.6 Å². The molecule has 2 aromatic rings. The minimum Gasteiger partial charge on any atom is -0.353 e. The van der Waals surface area contributed by atoms with Gasteiger partial charge in [0, 0.05) is 37.3 Å². The molecule has 2 aromatic heterocycles. The predicted molar refractivity (Wildman–Crippen MR) is 87.3 cm³/mol. The van der Waals surface area contributed by atoms with Gasteiger partial charge in [-0.25, -0.2) is 0 Å². The summed E-state index contributed by atoms with van der Waals surface area (Å²) < 4.78 is 0. The third kappa shape index (κ3) is 5.64. The molecule has 2 heterocycles. The molecule has 116 valence electrons. The molecule has 0 spiro atoms. The standard InChI is InChI=1S/C18H23N3O/c1-2-18(22)21-17(5-3-15-7-11-19-12-8-15)6-4-16-9-13-20-14-10-16/h7-14,17H,2-6H2,1H3,(H,21,22). The first-order valence-corrected chi connectivity index (χ1v) is 7.85. The Kier molecular flexibility index (Phi) is 6.55. The van der Waals surface area contributed by atoms with Crippen LogP contribution in [0.1, 0.15) is 37.3 Å². The van der Waals surface area contributed by atoms with Crippen LogP contribution in [0.15, 0.2) is 49.1 Å². The lowest BCUT2D eigenvalue weighted by molar-refractivity contribution is -0.121. The van der Waals surface area contributed by atoms with E-state index in [0.717, 1.165) is 25.7 Å². The highest BCUT2D eigenvalue weighted by atomic mass is 16.1. The van der Waals surface area contributed by atoms with Crippen LogP contribution in [0, 0.1) is 0 Å². The molecule has 0 aliphatic rings. The number of pyridine rings is 2. The first-order valence-electron chi connectivity index (χ1n) is 7.85. The van der Waals surface area contributed by atoms with E-state index in [4.69, 9.17) is 0 Å². The number of nitrogens with zero attached hydrogens (tertiary/aromatic N) is 2. The van der Waals surface area contributed by atoms with E-state index in [1.54, 1.807) is 0 Å². The predicted octanol–water partition coefficient (Wildman–Crippen LogP) is 2.94. The van der Waals surface area contributed by atoms with Crippen molar-refractivity contribution < 1.29 is 4.79 Å². The van der Waals surface area contributed by atoms with Gasteiger partial charge in [0.25, 0.3) is 0 Å². The van der Waals surface area contributed by atoms with Crippen molar-refractivity contribution in [3.63, 3.8) is 0 Å². The van der Waals surface area contributed by atoms with Gasteiger partial charge < -0.3 is 5.32 Å². The molecule has 4 nitrogen and oxygen atoms in total. The number of aromatic nitrogens is 2. The number of amides is 1. The van der Waals surface area contributed by atoms with Crippen LogP contribution < -0.4 is 5.32 Å². The monoisotopic (exact) mass is 297 g/mol. The average Bonchev–Trinajstić information content (AvgIpc) is 2.59. The Hall–Kier alpha value is -2.23. The highest BCUT2D eigenvalue weighted by Crippen LogP contribution is 2.10. The average molecular weight is 297 g/mol. The Labute approximate surface area is 132 Å². The molecule has 0 aromatic carbocycles. The van der Waals surface area contributed by atoms with E-state index in [9.17, 15) is 4.79 Å². The molecule has 0 bridgehead atoms. The van der Waals surface area contributed by atoms with Crippen molar-refractivity contribution in [2.75, 3.05) is 0 Å². The summed E-state index contributed by atoms with van der Waals surface area (Å²) in [5, 5.41) is 3.14. The quantitative estimate of drug-likeness (QED) is 0.815. The number of carbonyl (C=O) groups is 1. The number of rotatable bonds is 8. The van der Waals surface area contributed by atoms with Gasteiger partial charge in [0.1, 0.15) is 0 Å². The van der Waals surface area contributed by atoms with Crippen LogP contribution in [0.5, 0.6) is 0 Å². The summed E-state index contributed by atoms with van der Waals surface area (Å²) in [5.74, 6) is 0.120. The zero-order valence-electron chi connectivity index (χ0n) is 13.0. The molecular weight excluding hydrogens is 274 g/mol. The Morgan fingerprint density at radius 3 is 1.82 bits per heavy atom. The molecule has 0 atom stereocenters. The summed E-state index contributed by atoms with van der Waals surface area (Å²) in [4.78, 5) is 19.8. The van der Waals surface area contributed by atoms with Gasteiger partial charge in [-0.3, -0.25) is 14.8 Å². The number of hydrogen-bond acceptors (Lipinski definition) is 3. The van der Waals surface area contributed by atoms with Crippen molar-refractivity contribution in [2.45, 2.75) is 45.1 Å². The van der Waals surface area contributed by atoms with E-state index >= 15 is 0 Å². The van der Waals surface area contributed by atoms with Crippen molar-refractivity contribution in [3.05, 3.63) is 60.2 Å². The van der Waals surface area contributed by atoms with E-state index in [2.05, 4.69) is 15.3 Å². The fraction of sp³-hybridized carbons (Fsp3) is 0.389. The van der Waals surface area contributed by atoms with Crippen molar-refractivity contribution in [3.8, 4) is 0 Å². The van der Waals surface area contributed by atoms with Gasteiger partial charge in [-0.15, -0.1) is 0 Å². The van der Waals surface area contributed by atoms with Crippen molar-refractivity contribution >= 4 is 5.91 Å². The van der Waals surface area contributed by atoms with Crippen LogP contribution in [-0.4, -0.2) is 21.9 Å². The summed E-state index contributed by atoms with van der Waals surface area (Å²) in [7, 11) is 0. The summed E-state index contributed by atoms with van der Waals surface area (Å²) in [6, 6.07) is 8.32. The largest absolute Gasteiger partial charge is 0.353 e. The molecule has 1 amide bonds. The molecule has 0 saturated heterocycles. The van der Waals surface area contributed by atoms with Gasteiger partial charge in [-0.1, -0.05) is 6.92 Å². The Balaban J connectivity index is 1.89. The van der Waals surface area contributed by atoms with Crippen molar-refractivity contribution in [2.24, 2.45) is 0 Å². The number of nitrogens with one attached hydrogen (secondary N) is 1. The molecule has 0 saturated carbocycles. The molecule has 2 rings (SSSR count). The lowest BCUT2D eigenvalue weighted by Crippen LogP contribution is -2.35. The molecular formula is C18H23N3O. The zero-order valence-corrected chi connectivity index (χ0v) is 13.0. The summed E-state index contributed by atoms with van der Waals surface area (Å²) >= 11 is 0. The van der Waals surface area contributed by atoms with Crippen molar-refractivity contribution in [1.29, 1.82) is 0 Å². The molecule has 22 heavy (non-hydrogen) atoms. The Morgan fingerprint density at radius 1 is 0.955 bits per heavy atom. The smallest absolute Gasteiger partial charge is 0.219 e. The first-order chi connectivity index (χ1) is 10.8. The minimum atomic E-state index is 0.120. The van der Waals surface area contributed by atoms with Crippen molar-refractivity contribution in [1.82, 2.24) is 15.3 Å². The second-order valence-electron chi connectivity index (χ2n) is 5.41. The van der Waals surface area contributed by atoms with Gasteiger partial charge in [0.2, 0.25) is 5.91 Å². The molecule has 0 aliphatic carbocycles. The summed E-state index contributed by atoms with van der Waals surface area (Å²) in [6.07, 6.45) is 11.6. The summed E-state index contributed by atoms with van der Waals surface area (Å²) in [6.45, 7) is 1.89. The molecule has 0 fully saturated rings. The lowest BCUT2D eigenvalue weighted by atomic mass is 9.99. The van der Waals surface area contributed by atoms with Crippen LogP contribution in [0.25, 0.3) is 0 Å². The van der Waals surface area contributed by atoms with Crippen LogP contribution in [0.4, 0.5) is 0 Å². The summed E-state index contributed by atoms with van der Waals surface area (Å²) in [5.41, 5.74) is 2.52. The van der Waals surface area contributed by atoms with E-state index in [1.165, 1.54) is 11.1 Å². The topological polar surface area (TPSA) is 54.9 Å². The lowest BCUT2D eigenvalue weighted by Gasteiger charge is -2.18. The third-order valence-electron chi connectivity index (χ3n) is 3.75. The van der Waals surface area contributed by atoms with Crippen LogP contribution >= 0.6 is 0 Å². The minimum absolute atomic E-state index is 0.120. The second-order valence-corrected chi connectivity index (χ2v) is 5.41. The zero-order chi connectivity index (χ0) is 15.6. The highest BCUT2D eigenvalue weighted by Gasteiger charge is 2.11. The molecule has 4 heteroatoms. The highest BCUT2D eigenvalue weighted by molar-refractivity contribution is 5.75. The maximum Gasteiger partial charge on any atom is 0.219 e. The van der Waals surface area contributed by atoms with E-state index in [0.29, 0.717) is 6.42 Å². The van der Waals surface area contributed by atoms with Gasteiger partial charge in [0.05, 0.1) is 0 Å². The fourth-order valence-corrected chi connectivity index (χ4v) is 2.40. The van der Waals surface area contributed by atoms with Gasteiger partial charge in [-0.05, 0) is 61.1 Å². The SMILES string of the molecule is CCC(=O)NC(CCc1ccncc1)CCc1ccncc1. The molecule has 1 N–H and O–H groups in total. The van der Waals surface area contributed by atoms with E-state index < -0.39 is 0 Å². The number of carbonyl (C=O) groups excluding carboxylic acids is 1. The van der Waals surface area contributed by atoms with Crippen LogP contribution in [0.3, 0.4) is 0 Å². The maximum atomic E-state index is 11.7. The number of hydrogen-bond donors (Lipinski definition) is 1. The molecule has 0 radical (unpaired) electrons. The van der Waals surface area contributed by atoms with E-state index in [-0.39, 0.29) is 11.9 Å². The van der Waals surface area contributed by atoms with Gasteiger partial charge in [-0.2, -0.15) is 0 Å². The maximum absolute atomic E-state index is 11.7. The van der Waals surface area contributed by atoms with Gasteiger partial charge >= 0.3 is 0 Å². The van der Waals surface area contributed by atoms with Gasteiger partial charge in [0.15, 0.2) is 0 Å².